The van der Waals surface area contributed by atoms with Crippen LogP contribution < -0.4 is 0 Å². The van der Waals surface area contributed by atoms with E-state index in [0.29, 0.717) is 17.3 Å². The lowest BCUT2D eigenvalue weighted by Gasteiger charge is -2.54. The molecule has 0 spiro atoms. The number of allylic oxidation sites excluding steroid dienone is 3. The van der Waals surface area contributed by atoms with Gasteiger partial charge in [0.25, 0.3) is 0 Å². The summed E-state index contributed by atoms with van der Waals surface area (Å²) in [7, 11) is 0. The molecule has 0 bridgehead atoms. The van der Waals surface area contributed by atoms with E-state index in [1.165, 1.54) is 44.6 Å². The van der Waals surface area contributed by atoms with E-state index in [2.05, 4.69) is 40.3 Å². The fourth-order valence-corrected chi connectivity index (χ4v) is 6.09. The van der Waals surface area contributed by atoms with Crippen LogP contribution in [0.1, 0.15) is 97.7 Å². The minimum Gasteiger partial charge on any atom is -0.472 e. The summed E-state index contributed by atoms with van der Waals surface area (Å²) in [5, 5.41) is 0. The monoisotopic (exact) mass is 412 g/mol. The van der Waals surface area contributed by atoms with Crippen LogP contribution in [0.25, 0.3) is 0 Å². The van der Waals surface area contributed by atoms with E-state index in [1.54, 1.807) is 18.1 Å². The maximum Gasteiger partial charge on any atom is 0.303 e. The Hall–Kier alpha value is -1.77. The molecule has 0 radical (unpaired) electrons. The number of carbonyl (C=O) groups is 1. The third-order valence-electron chi connectivity index (χ3n) is 8.12. The molecule has 3 nitrogen and oxygen atoms in total. The van der Waals surface area contributed by atoms with Gasteiger partial charge in [-0.1, -0.05) is 38.0 Å². The molecule has 1 aromatic heterocycles. The zero-order valence-corrected chi connectivity index (χ0v) is 19.6. The molecule has 2 aliphatic carbocycles. The lowest BCUT2D eigenvalue weighted by atomic mass is 9.50. The molecule has 3 rings (SSSR count). The highest BCUT2D eigenvalue weighted by atomic mass is 16.5. The molecule has 1 saturated carbocycles. The van der Waals surface area contributed by atoms with Gasteiger partial charge in [-0.2, -0.15) is 0 Å². The largest absolute Gasteiger partial charge is 0.472 e. The van der Waals surface area contributed by atoms with Gasteiger partial charge in [0.2, 0.25) is 0 Å². The summed E-state index contributed by atoms with van der Waals surface area (Å²) < 4.78 is 11.1. The van der Waals surface area contributed by atoms with Crippen molar-refractivity contribution in [2.24, 2.45) is 22.7 Å². The van der Waals surface area contributed by atoms with Gasteiger partial charge in [0.15, 0.2) is 0 Å². The van der Waals surface area contributed by atoms with Gasteiger partial charge >= 0.3 is 5.97 Å². The molecule has 1 aromatic rings. The molecule has 3 heteroatoms. The summed E-state index contributed by atoms with van der Waals surface area (Å²) >= 11 is 0. The van der Waals surface area contributed by atoms with Gasteiger partial charge in [0, 0.05) is 12.5 Å². The Morgan fingerprint density at radius 3 is 2.73 bits per heavy atom. The van der Waals surface area contributed by atoms with Crippen LogP contribution in [0.4, 0.5) is 0 Å². The number of carbonyl (C=O) groups excluding carboxylic acids is 1. The number of hydrogen-bond donors (Lipinski definition) is 0. The van der Waals surface area contributed by atoms with Crippen LogP contribution in [-0.2, 0) is 9.53 Å². The Morgan fingerprint density at radius 2 is 2.10 bits per heavy atom. The standard InChI is InChI=1S/C27H40O3/c1-19(2)9-7-14-26(5)15-8-10-24-23(26)12-11-20(3)27(24,6)17-25(30-21(4)28)22-13-16-29-18-22/h10,13,16,18,20,23,25H,1,7-9,11-12,14-15,17H2,2-6H3/t20-,23-,25-,26-,27-/m1/s1. The molecule has 0 aliphatic heterocycles. The number of rotatable bonds is 8. The SMILES string of the molecule is C=C(C)CCC[C@]1(C)CCC=C2[C@H]1CC[C@@H](C)[C@@]2(C)C[C@@H](OC(C)=O)c1ccoc1. The van der Waals surface area contributed by atoms with E-state index in [-0.39, 0.29) is 17.5 Å². The summed E-state index contributed by atoms with van der Waals surface area (Å²) in [5.74, 6) is 0.953. The first-order valence-electron chi connectivity index (χ1n) is 11.7. The van der Waals surface area contributed by atoms with Crippen molar-refractivity contribution in [3.8, 4) is 0 Å². The number of fused-ring (bicyclic) bond motifs is 1. The number of esters is 1. The average molecular weight is 413 g/mol. The molecule has 0 N–H and O–H groups in total. The minimum absolute atomic E-state index is 0.0241. The second-order valence-corrected chi connectivity index (χ2v) is 10.5. The smallest absolute Gasteiger partial charge is 0.303 e. The first-order chi connectivity index (χ1) is 14.2. The highest BCUT2D eigenvalue weighted by molar-refractivity contribution is 5.66. The summed E-state index contributed by atoms with van der Waals surface area (Å²) in [4.78, 5) is 11.9. The highest BCUT2D eigenvalue weighted by Gasteiger charge is 2.50. The zero-order valence-electron chi connectivity index (χ0n) is 19.6. The summed E-state index contributed by atoms with van der Waals surface area (Å²) in [6.07, 6.45) is 15.0. The van der Waals surface area contributed by atoms with Gasteiger partial charge < -0.3 is 9.15 Å². The Morgan fingerprint density at radius 1 is 1.33 bits per heavy atom. The third-order valence-corrected chi connectivity index (χ3v) is 8.12. The third kappa shape index (κ3) is 4.76. The number of furan rings is 1. The van der Waals surface area contributed by atoms with Crippen molar-refractivity contribution >= 4 is 5.97 Å². The van der Waals surface area contributed by atoms with Gasteiger partial charge in [-0.15, -0.1) is 6.58 Å². The van der Waals surface area contributed by atoms with Crippen LogP contribution in [-0.4, -0.2) is 5.97 Å². The molecule has 0 unspecified atom stereocenters. The first-order valence-corrected chi connectivity index (χ1v) is 11.7. The average Bonchev–Trinajstić information content (AvgIpc) is 3.19. The van der Waals surface area contributed by atoms with Crippen molar-refractivity contribution in [1.29, 1.82) is 0 Å². The predicted molar refractivity (Wildman–Crippen MR) is 122 cm³/mol. The lowest BCUT2D eigenvalue weighted by Crippen LogP contribution is -2.45. The molecular weight excluding hydrogens is 372 g/mol. The molecule has 5 atom stereocenters. The second kappa shape index (κ2) is 9.16. The molecule has 1 heterocycles. The lowest BCUT2D eigenvalue weighted by molar-refractivity contribution is -0.148. The Kier molecular flexibility index (Phi) is 6.99. The zero-order chi connectivity index (χ0) is 21.9. The van der Waals surface area contributed by atoms with E-state index in [4.69, 9.17) is 9.15 Å². The quantitative estimate of drug-likeness (QED) is 0.323. The van der Waals surface area contributed by atoms with Crippen molar-refractivity contribution in [2.45, 2.75) is 92.1 Å². The molecule has 0 saturated heterocycles. The van der Waals surface area contributed by atoms with Gasteiger partial charge in [-0.25, -0.2) is 0 Å². The van der Waals surface area contributed by atoms with Gasteiger partial charge in [0.05, 0.1) is 12.5 Å². The fourth-order valence-electron chi connectivity index (χ4n) is 6.09. The fraction of sp³-hybridized carbons (Fsp3) is 0.667. The van der Waals surface area contributed by atoms with E-state index >= 15 is 0 Å². The van der Waals surface area contributed by atoms with Crippen molar-refractivity contribution in [1.82, 2.24) is 0 Å². The molecule has 1 fully saturated rings. The van der Waals surface area contributed by atoms with Crippen molar-refractivity contribution in [3.63, 3.8) is 0 Å². The van der Waals surface area contributed by atoms with E-state index in [9.17, 15) is 4.79 Å². The molecule has 0 aromatic carbocycles. The maximum atomic E-state index is 11.9. The summed E-state index contributed by atoms with van der Waals surface area (Å²) in [6.45, 7) is 15.0. The predicted octanol–water partition coefficient (Wildman–Crippen LogP) is 7.80. The summed E-state index contributed by atoms with van der Waals surface area (Å²) in [5.41, 5.74) is 4.24. The molecular formula is C27H40O3. The van der Waals surface area contributed by atoms with Crippen molar-refractivity contribution in [2.75, 3.05) is 0 Å². The Balaban J connectivity index is 1.86. The van der Waals surface area contributed by atoms with E-state index in [1.807, 2.05) is 6.07 Å². The molecule has 2 aliphatic rings. The number of ether oxygens (including phenoxy) is 1. The second-order valence-electron chi connectivity index (χ2n) is 10.5. The Bertz CT molecular complexity index is 774. The van der Waals surface area contributed by atoms with Crippen LogP contribution in [0.3, 0.4) is 0 Å². The van der Waals surface area contributed by atoms with Crippen LogP contribution in [0.5, 0.6) is 0 Å². The number of hydrogen-bond acceptors (Lipinski definition) is 3. The summed E-state index contributed by atoms with van der Waals surface area (Å²) in [6, 6.07) is 1.93. The van der Waals surface area contributed by atoms with Crippen LogP contribution in [0.2, 0.25) is 0 Å². The Labute approximate surface area is 183 Å². The van der Waals surface area contributed by atoms with Gasteiger partial charge in [-0.05, 0) is 87.0 Å². The van der Waals surface area contributed by atoms with Crippen LogP contribution in [0, 0.1) is 22.7 Å². The normalized spacial score (nSPS) is 32.1. The highest BCUT2D eigenvalue weighted by Crippen LogP contribution is 2.60. The molecule has 30 heavy (non-hydrogen) atoms. The maximum absolute atomic E-state index is 11.9. The van der Waals surface area contributed by atoms with Crippen LogP contribution >= 0.6 is 0 Å². The minimum atomic E-state index is -0.259. The van der Waals surface area contributed by atoms with Gasteiger partial charge in [-0.3, -0.25) is 4.79 Å². The van der Waals surface area contributed by atoms with Crippen molar-refractivity contribution < 1.29 is 13.9 Å². The van der Waals surface area contributed by atoms with Crippen molar-refractivity contribution in [3.05, 3.63) is 48.0 Å². The molecule has 0 amide bonds. The molecule has 166 valence electrons. The van der Waals surface area contributed by atoms with E-state index < -0.39 is 0 Å². The van der Waals surface area contributed by atoms with Crippen LogP contribution in [0.15, 0.2) is 46.8 Å². The first kappa shape index (κ1) is 22.9. The van der Waals surface area contributed by atoms with Gasteiger partial charge in [0.1, 0.15) is 6.10 Å². The topological polar surface area (TPSA) is 39.4 Å². The van der Waals surface area contributed by atoms with E-state index in [0.717, 1.165) is 24.8 Å².